The van der Waals surface area contributed by atoms with Gasteiger partial charge >= 0.3 is 0 Å². The summed E-state index contributed by atoms with van der Waals surface area (Å²) in [6.45, 7) is 0. The van der Waals surface area contributed by atoms with Crippen LogP contribution in [0.1, 0.15) is 16.7 Å². The van der Waals surface area contributed by atoms with Crippen LogP contribution in [0, 0.1) is 34.0 Å². The van der Waals surface area contributed by atoms with Gasteiger partial charge in [-0.1, -0.05) is 6.07 Å². The molecule has 88 valence electrons. The van der Waals surface area contributed by atoms with Crippen molar-refractivity contribution >= 4 is 0 Å². The van der Waals surface area contributed by atoms with Gasteiger partial charge in [-0.05, 0) is 36.4 Å². The van der Waals surface area contributed by atoms with E-state index >= 15 is 0 Å². The van der Waals surface area contributed by atoms with Crippen molar-refractivity contribution in [2.24, 2.45) is 0 Å². The zero-order valence-corrected chi connectivity index (χ0v) is 9.79. The predicted molar refractivity (Wildman–Crippen MR) is 67.1 cm³/mol. The summed E-state index contributed by atoms with van der Waals surface area (Å²) in [4.78, 5) is 0. The van der Waals surface area contributed by atoms with Crippen LogP contribution >= 0.6 is 0 Å². The maximum Gasteiger partial charge on any atom is 0.146 e. The zero-order chi connectivity index (χ0) is 13.7. The van der Waals surface area contributed by atoms with Gasteiger partial charge in [-0.15, -0.1) is 0 Å². The first-order valence-electron chi connectivity index (χ1n) is 5.39. The Kier molecular flexibility index (Phi) is 3.44. The van der Waals surface area contributed by atoms with E-state index in [-0.39, 0.29) is 11.1 Å². The summed E-state index contributed by atoms with van der Waals surface area (Å²) in [5, 5.41) is 26.7. The third-order valence-corrected chi connectivity index (χ3v) is 2.47. The van der Waals surface area contributed by atoms with Crippen molar-refractivity contribution in [2.45, 2.75) is 0 Å². The van der Waals surface area contributed by atoms with E-state index in [4.69, 9.17) is 20.5 Å². The normalized spacial score (nSPS) is 8.89. The summed E-state index contributed by atoms with van der Waals surface area (Å²) in [5.74, 6) is 0.830. The van der Waals surface area contributed by atoms with Crippen molar-refractivity contribution in [3.8, 4) is 29.7 Å². The van der Waals surface area contributed by atoms with Gasteiger partial charge in [0, 0.05) is 0 Å². The molecule has 0 bridgehead atoms. The lowest BCUT2D eigenvalue weighted by Crippen LogP contribution is -1.91. The molecule has 2 aromatic rings. The van der Waals surface area contributed by atoms with E-state index < -0.39 is 0 Å². The second-order valence-corrected chi connectivity index (χ2v) is 3.64. The molecule has 0 aromatic heterocycles. The van der Waals surface area contributed by atoms with Crippen molar-refractivity contribution in [1.82, 2.24) is 0 Å². The van der Waals surface area contributed by atoms with Crippen LogP contribution in [0.3, 0.4) is 0 Å². The van der Waals surface area contributed by atoms with Crippen molar-refractivity contribution in [3.05, 3.63) is 59.2 Å². The summed E-state index contributed by atoms with van der Waals surface area (Å²) >= 11 is 0. The number of nitrogens with zero attached hydrogens (tertiary/aromatic N) is 3. The molecule has 2 aromatic carbocycles. The molecule has 0 amide bonds. The Morgan fingerprint density at radius 1 is 0.789 bits per heavy atom. The van der Waals surface area contributed by atoms with Crippen LogP contribution in [0.2, 0.25) is 0 Å². The molecule has 0 radical (unpaired) electrons. The van der Waals surface area contributed by atoms with E-state index in [1.54, 1.807) is 42.5 Å². The standard InChI is InChI=1S/C15H7N3O/c16-8-11-4-6-13(7-5-11)19-15-3-1-2-12(9-17)14(15)10-18/h1-7H. The molecule has 0 aliphatic heterocycles. The molecule has 0 saturated carbocycles. The second-order valence-electron chi connectivity index (χ2n) is 3.64. The van der Waals surface area contributed by atoms with Crippen LogP contribution in [0.5, 0.6) is 11.5 Å². The van der Waals surface area contributed by atoms with Crippen molar-refractivity contribution < 1.29 is 4.74 Å². The number of benzene rings is 2. The minimum absolute atomic E-state index is 0.203. The lowest BCUT2D eigenvalue weighted by atomic mass is 10.1. The average molecular weight is 245 g/mol. The Bertz CT molecular complexity index is 728. The first kappa shape index (κ1) is 12.2. The number of ether oxygens (including phenoxy) is 1. The van der Waals surface area contributed by atoms with Crippen molar-refractivity contribution in [2.75, 3.05) is 0 Å². The third kappa shape index (κ3) is 2.52. The first-order valence-corrected chi connectivity index (χ1v) is 5.39. The van der Waals surface area contributed by atoms with E-state index in [0.717, 1.165) is 0 Å². The fraction of sp³-hybridized carbons (Fsp3) is 0. The van der Waals surface area contributed by atoms with E-state index in [0.29, 0.717) is 17.1 Å². The van der Waals surface area contributed by atoms with Gasteiger partial charge in [-0.3, -0.25) is 0 Å². The van der Waals surface area contributed by atoms with E-state index in [1.807, 2.05) is 18.2 Å². The summed E-state index contributed by atoms with van der Waals surface area (Å²) < 4.78 is 5.56. The SMILES string of the molecule is N#Cc1ccc(Oc2cccc(C#N)c2C#N)cc1. The van der Waals surface area contributed by atoms with Crippen LogP contribution in [0.25, 0.3) is 0 Å². The summed E-state index contributed by atoms with van der Waals surface area (Å²) in [6, 6.07) is 17.3. The predicted octanol–water partition coefficient (Wildman–Crippen LogP) is 3.09. The molecule has 2 rings (SSSR count). The van der Waals surface area contributed by atoms with Crippen LogP contribution < -0.4 is 4.74 Å². The van der Waals surface area contributed by atoms with Gasteiger partial charge in [0.2, 0.25) is 0 Å². The largest absolute Gasteiger partial charge is 0.456 e. The molecule has 19 heavy (non-hydrogen) atoms. The molecule has 0 heterocycles. The summed E-state index contributed by atoms with van der Waals surface area (Å²) in [6.07, 6.45) is 0. The van der Waals surface area contributed by atoms with Crippen molar-refractivity contribution in [3.63, 3.8) is 0 Å². The monoisotopic (exact) mass is 245 g/mol. The molecule has 4 nitrogen and oxygen atoms in total. The Morgan fingerprint density at radius 2 is 1.53 bits per heavy atom. The van der Waals surface area contributed by atoms with Crippen LogP contribution in [-0.2, 0) is 0 Å². The minimum Gasteiger partial charge on any atom is -0.456 e. The minimum atomic E-state index is 0.203. The Hall–Kier alpha value is -3.29. The van der Waals surface area contributed by atoms with Crippen LogP contribution in [0.4, 0.5) is 0 Å². The van der Waals surface area contributed by atoms with E-state index in [1.165, 1.54) is 0 Å². The molecule has 4 heteroatoms. The number of nitriles is 3. The highest BCUT2D eigenvalue weighted by Gasteiger charge is 2.09. The summed E-state index contributed by atoms with van der Waals surface area (Å²) in [5.41, 5.74) is 1.00. The zero-order valence-electron chi connectivity index (χ0n) is 9.79. The molecule has 0 N–H and O–H groups in total. The number of hydrogen-bond acceptors (Lipinski definition) is 4. The van der Waals surface area contributed by atoms with Crippen molar-refractivity contribution in [1.29, 1.82) is 15.8 Å². The lowest BCUT2D eigenvalue weighted by molar-refractivity contribution is 0.481. The molecule has 0 saturated heterocycles. The highest BCUT2D eigenvalue weighted by Crippen LogP contribution is 2.27. The Morgan fingerprint density at radius 3 is 2.11 bits per heavy atom. The maximum absolute atomic E-state index is 9.07. The number of rotatable bonds is 2. The van der Waals surface area contributed by atoms with Crippen LogP contribution in [0.15, 0.2) is 42.5 Å². The first-order chi connectivity index (χ1) is 9.28. The van der Waals surface area contributed by atoms with Gasteiger partial charge in [0.05, 0.1) is 17.2 Å². The van der Waals surface area contributed by atoms with E-state index in [9.17, 15) is 0 Å². The van der Waals surface area contributed by atoms with Gasteiger partial charge in [0.15, 0.2) is 0 Å². The fourth-order valence-electron chi connectivity index (χ4n) is 1.55. The highest BCUT2D eigenvalue weighted by molar-refractivity contribution is 5.55. The van der Waals surface area contributed by atoms with Gasteiger partial charge in [0.25, 0.3) is 0 Å². The lowest BCUT2D eigenvalue weighted by Gasteiger charge is -2.07. The highest BCUT2D eigenvalue weighted by atomic mass is 16.5. The van der Waals surface area contributed by atoms with E-state index in [2.05, 4.69) is 0 Å². The molecular formula is C15H7N3O. The Balaban J connectivity index is 2.37. The number of hydrogen-bond donors (Lipinski definition) is 0. The van der Waals surface area contributed by atoms with Gasteiger partial charge < -0.3 is 4.74 Å². The molecule has 0 atom stereocenters. The molecule has 0 aliphatic rings. The van der Waals surface area contributed by atoms with Gasteiger partial charge in [0.1, 0.15) is 29.2 Å². The van der Waals surface area contributed by atoms with Gasteiger partial charge in [-0.2, -0.15) is 15.8 Å². The molecule has 0 fully saturated rings. The maximum atomic E-state index is 9.07. The van der Waals surface area contributed by atoms with Crippen LogP contribution in [-0.4, -0.2) is 0 Å². The summed E-state index contributed by atoms with van der Waals surface area (Å²) in [7, 11) is 0. The smallest absolute Gasteiger partial charge is 0.146 e. The second kappa shape index (κ2) is 5.36. The Labute approximate surface area is 110 Å². The molecule has 0 aliphatic carbocycles. The average Bonchev–Trinajstić information content (AvgIpc) is 2.47. The quantitative estimate of drug-likeness (QED) is 0.814. The molecule has 0 unspecified atom stereocenters. The molecule has 0 spiro atoms. The third-order valence-electron chi connectivity index (χ3n) is 2.47. The topological polar surface area (TPSA) is 80.6 Å². The molecular weight excluding hydrogens is 238 g/mol. The fourth-order valence-corrected chi connectivity index (χ4v) is 1.55. The van der Waals surface area contributed by atoms with Gasteiger partial charge in [-0.25, -0.2) is 0 Å².